The number of aliphatic hydroxyl groups is 1. The van der Waals surface area contributed by atoms with Gasteiger partial charge in [-0.3, -0.25) is 9.59 Å². The predicted octanol–water partition coefficient (Wildman–Crippen LogP) is 4.55. The first kappa shape index (κ1) is 24.1. The fraction of sp³-hybridized carbons (Fsp3) is 0.810. The average Bonchev–Trinajstić information content (AvgIpc) is 2.78. The molecule has 1 aliphatic rings. The molecule has 0 aromatic heterocycles. The number of carboxylic acids is 1. The average molecular weight is 399 g/mol. The Morgan fingerprint density at radius 1 is 1.22 bits per heavy atom. The molecule has 0 amide bonds. The maximum Gasteiger partial charge on any atom is 0.303 e. The molecule has 0 aliphatic heterocycles. The Morgan fingerprint density at radius 2 is 1.85 bits per heavy atom. The second-order valence-electron chi connectivity index (χ2n) is 9.34. The van der Waals surface area contributed by atoms with Crippen molar-refractivity contribution in [1.82, 2.24) is 0 Å². The number of carbonyl (C=O) groups excluding carboxylic acids is 1. The van der Waals surface area contributed by atoms with E-state index in [0.717, 1.165) is 19.3 Å². The molecule has 1 fully saturated rings. The van der Waals surface area contributed by atoms with E-state index < -0.39 is 26.3 Å². The highest BCUT2D eigenvalue weighted by molar-refractivity contribution is 6.74. The summed E-state index contributed by atoms with van der Waals surface area (Å²) in [4.78, 5) is 23.4. The number of ketones is 1. The third kappa shape index (κ3) is 7.16. The zero-order chi connectivity index (χ0) is 20.8. The molecule has 1 saturated carbocycles. The lowest BCUT2D eigenvalue weighted by atomic mass is 9.90. The second-order valence-corrected chi connectivity index (χ2v) is 14.1. The van der Waals surface area contributed by atoms with E-state index >= 15 is 0 Å². The van der Waals surface area contributed by atoms with E-state index in [9.17, 15) is 19.8 Å². The van der Waals surface area contributed by atoms with E-state index in [4.69, 9.17) is 4.43 Å². The summed E-state index contributed by atoms with van der Waals surface area (Å²) in [6.45, 7) is 12.9. The SMILES string of the molecule is CCCCCC(=O)C=C[C@H]1[C@H](CC(=O)O)[C@H](O)C[C@@H]1O[Si](C)(C)C(C)(C)C. The Labute approximate surface area is 165 Å². The van der Waals surface area contributed by atoms with Crippen molar-refractivity contribution in [2.45, 2.75) is 96.6 Å². The molecule has 4 atom stereocenters. The van der Waals surface area contributed by atoms with Crippen LogP contribution in [0.4, 0.5) is 0 Å². The molecule has 1 rings (SSSR count). The first-order valence-corrected chi connectivity index (χ1v) is 13.1. The van der Waals surface area contributed by atoms with Crippen LogP contribution in [0.5, 0.6) is 0 Å². The maximum absolute atomic E-state index is 12.1. The van der Waals surface area contributed by atoms with Crippen LogP contribution in [0, 0.1) is 11.8 Å². The molecular formula is C21H38O5Si. The van der Waals surface area contributed by atoms with Gasteiger partial charge in [0, 0.05) is 18.3 Å². The van der Waals surface area contributed by atoms with E-state index in [1.807, 2.05) is 0 Å². The van der Waals surface area contributed by atoms with E-state index in [2.05, 4.69) is 40.8 Å². The summed E-state index contributed by atoms with van der Waals surface area (Å²) in [5, 5.41) is 19.7. The number of aliphatic hydroxyl groups excluding tert-OH is 1. The summed E-state index contributed by atoms with van der Waals surface area (Å²) >= 11 is 0. The predicted molar refractivity (Wildman–Crippen MR) is 110 cm³/mol. The number of hydrogen-bond donors (Lipinski definition) is 2. The van der Waals surface area contributed by atoms with Gasteiger partial charge in [0.2, 0.25) is 0 Å². The first-order chi connectivity index (χ1) is 12.4. The Hall–Kier alpha value is -0.983. The fourth-order valence-corrected chi connectivity index (χ4v) is 4.74. The van der Waals surface area contributed by atoms with Crippen molar-refractivity contribution >= 4 is 20.1 Å². The topological polar surface area (TPSA) is 83.8 Å². The molecule has 156 valence electrons. The Bertz CT molecular complexity index is 535. The lowest BCUT2D eigenvalue weighted by Crippen LogP contribution is -2.45. The van der Waals surface area contributed by atoms with Crippen LogP contribution in [0.1, 0.15) is 66.2 Å². The van der Waals surface area contributed by atoms with Crippen LogP contribution in [0.15, 0.2) is 12.2 Å². The van der Waals surface area contributed by atoms with Crippen molar-refractivity contribution in [3.8, 4) is 0 Å². The third-order valence-corrected chi connectivity index (χ3v) is 10.6. The largest absolute Gasteiger partial charge is 0.481 e. The smallest absolute Gasteiger partial charge is 0.303 e. The Balaban J connectivity index is 2.96. The summed E-state index contributed by atoms with van der Waals surface area (Å²) in [5.74, 6) is -1.54. The second kappa shape index (κ2) is 9.98. The van der Waals surface area contributed by atoms with Crippen LogP contribution in [0.3, 0.4) is 0 Å². The van der Waals surface area contributed by atoms with Gasteiger partial charge in [-0.2, -0.15) is 0 Å². The van der Waals surface area contributed by atoms with Gasteiger partial charge >= 0.3 is 5.97 Å². The minimum Gasteiger partial charge on any atom is -0.481 e. The van der Waals surface area contributed by atoms with Crippen molar-refractivity contribution in [2.24, 2.45) is 11.8 Å². The Kier molecular flexibility index (Phi) is 8.90. The van der Waals surface area contributed by atoms with Gasteiger partial charge in [-0.15, -0.1) is 0 Å². The summed E-state index contributed by atoms with van der Waals surface area (Å²) in [6.07, 6.45) is 6.19. The van der Waals surface area contributed by atoms with Gasteiger partial charge in [-0.05, 0) is 37.0 Å². The van der Waals surface area contributed by atoms with Crippen LogP contribution in [0.25, 0.3) is 0 Å². The van der Waals surface area contributed by atoms with Crippen molar-refractivity contribution in [3.05, 3.63) is 12.2 Å². The third-order valence-electron chi connectivity index (χ3n) is 6.09. The van der Waals surface area contributed by atoms with E-state index in [1.165, 1.54) is 0 Å². The highest BCUT2D eigenvalue weighted by Gasteiger charge is 2.47. The maximum atomic E-state index is 12.1. The molecule has 0 spiro atoms. The minimum atomic E-state index is -2.07. The molecular weight excluding hydrogens is 360 g/mol. The number of hydrogen-bond acceptors (Lipinski definition) is 4. The summed E-state index contributed by atoms with van der Waals surface area (Å²) in [5.41, 5.74) is 0. The van der Waals surface area contributed by atoms with E-state index in [-0.39, 0.29) is 29.3 Å². The van der Waals surface area contributed by atoms with Crippen LogP contribution < -0.4 is 0 Å². The minimum absolute atomic E-state index is 0.0209. The fourth-order valence-electron chi connectivity index (χ4n) is 3.38. The molecule has 6 heteroatoms. The summed E-state index contributed by atoms with van der Waals surface area (Å²) in [6, 6.07) is 0. The molecule has 0 aromatic rings. The zero-order valence-electron chi connectivity index (χ0n) is 17.8. The number of rotatable bonds is 10. The molecule has 0 bridgehead atoms. The van der Waals surface area contributed by atoms with E-state index in [0.29, 0.717) is 12.8 Å². The van der Waals surface area contributed by atoms with E-state index in [1.54, 1.807) is 12.2 Å². The number of unbranched alkanes of at least 4 members (excludes halogenated alkanes) is 2. The molecule has 0 unspecified atom stereocenters. The zero-order valence-corrected chi connectivity index (χ0v) is 18.8. The van der Waals surface area contributed by atoms with Crippen molar-refractivity contribution in [3.63, 3.8) is 0 Å². The number of carboxylic acid groups (broad SMARTS) is 1. The van der Waals surface area contributed by atoms with Crippen molar-refractivity contribution in [2.75, 3.05) is 0 Å². The molecule has 27 heavy (non-hydrogen) atoms. The van der Waals surface area contributed by atoms with Gasteiger partial charge < -0.3 is 14.6 Å². The number of allylic oxidation sites excluding steroid dienone is 1. The molecule has 2 N–H and O–H groups in total. The monoisotopic (exact) mass is 398 g/mol. The van der Waals surface area contributed by atoms with Crippen LogP contribution >= 0.6 is 0 Å². The summed E-state index contributed by atoms with van der Waals surface area (Å²) in [7, 11) is -2.07. The van der Waals surface area contributed by atoms with Gasteiger partial charge in [-0.25, -0.2) is 0 Å². The molecule has 0 aromatic carbocycles. The van der Waals surface area contributed by atoms with Gasteiger partial charge in [0.05, 0.1) is 18.6 Å². The highest BCUT2D eigenvalue weighted by atomic mass is 28.4. The molecule has 0 saturated heterocycles. The Morgan fingerprint density at radius 3 is 2.37 bits per heavy atom. The first-order valence-electron chi connectivity index (χ1n) is 10.2. The number of aliphatic carboxylic acids is 1. The van der Waals surface area contributed by atoms with Gasteiger partial charge in [-0.1, -0.05) is 46.6 Å². The van der Waals surface area contributed by atoms with Crippen molar-refractivity contribution < 1.29 is 24.2 Å². The van der Waals surface area contributed by atoms with Crippen LogP contribution in [0.2, 0.25) is 18.1 Å². The summed E-state index contributed by atoms with van der Waals surface area (Å²) < 4.78 is 6.51. The molecule has 5 nitrogen and oxygen atoms in total. The lowest BCUT2D eigenvalue weighted by molar-refractivity contribution is -0.139. The lowest BCUT2D eigenvalue weighted by Gasteiger charge is -2.39. The van der Waals surface area contributed by atoms with Gasteiger partial charge in [0.15, 0.2) is 14.1 Å². The number of carbonyl (C=O) groups is 2. The van der Waals surface area contributed by atoms with Gasteiger partial charge in [0.1, 0.15) is 0 Å². The van der Waals surface area contributed by atoms with Gasteiger partial charge in [0.25, 0.3) is 0 Å². The molecule has 0 heterocycles. The molecule has 1 aliphatic carbocycles. The highest BCUT2D eigenvalue weighted by Crippen LogP contribution is 2.44. The quantitative estimate of drug-likeness (QED) is 0.320. The van der Waals surface area contributed by atoms with Crippen molar-refractivity contribution in [1.29, 1.82) is 0 Å². The van der Waals surface area contributed by atoms with Crippen LogP contribution in [-0.4, -0.2) is 42.5 Å². The standard InChI is InChI=1S/C21H38O5Si/c1-7-8-9-10-15(22)11-12-16-17(13-20(24)25)18(23)14-19(16)26-27(5,6)21(2,3)4/h11-12,16-19,23H,7-10,13-14H2,1-6H3,(H,24,25)/t16-,17-,18+,19-/m0/s1. The normalized spacial score (nSPS) is 26.6. The molecule has 0 radical (unpaired) electrons. The van der Waals surface area contributed by atoms with Crippen LogP contribution in [-0.2, 0) is 14.0 Å².